The molecule has 0 unspecified atom stereocenters. The molecule has 0 atom stereocenters. The predicted octanol–water partition coefficient (Wildman–Crippen LogP) is 5.80. The maximum Gasteiger partial charge on any atom is 0.216 e. The Kier molecular flexibility index (Phi) is 3.96. The van der Waals surface area contributed by atoms with Crippen molar-refractivity contribution in [2.75, 3.05) is 0 Å². The fourth-order valence-electron chi connectivity index (χ4n) is 4.87. The fraction of sp³-hybridized carbons (Fsp3) is 0.542. The van der Waals surface area contributed by atoms with Gasteiger partial charge in [-0.2, -0.15) is 0 Å². The fourth-order valence-corrected chi connectivity index (χ4v) is 4.87. The van der Waals surface area contributed by atoms with Crippen LogP contribution in [0.1, 0.15) is 76.3 Å². The van der Waals surface area contributed by atoms with Gasteiger partial charge in [0.2, 0.25) is 5.69 Å². The molecule has 2 heteroatoms. The molecule has 26 heavy (non-hydrogen) atoms. The van der Waals surface area contributed by atoms with E-state index in [1.165, 1.54) is 27.9 Å². The average Bonchev–Trinajstić information content (AvgIpc) is 2.46. The second-order valence-corrected chi connectivity index (χ2v) is 10.1. The van der Waals surface area contributed by atoms with E-state index in [9.17, 15) is 4.39 Å². The SMILES string of the molecule is Cc1cc(F)cc2c1-c1c(c(C)c(C(C)(C)C)c[n+]1C)C(C)(C)C2(C)C. The van der Waals surface area contributed by atoms with Gasteiger partial charge in [0.05, 0.1) is 5.56 Å². The maximum absolute atomic E-state index is 14.3. The quantitative estimate of drug-likeness (QED) is 0.526. The normalized spacial score (nSPS) is 17.7. The van der Waals surface area contributed by atoms with Crippen LogP contribution in [-0.2, 0) is 23.3 Å². The summed E-state index contributed by atoms with van der Waals surface area (Å²) < 4.78 is 16.6. The van der Waals surface area contributed by atoms with Crippen molar-refractivity contribution in [2.24, 2.45) is 7.05 Å². The van der Waals surface area contributed by atoms with E-state index < -0.39 is 0 Å². The van der Waals surface area contributed by atoms with E-state index in [0.717, 1.165) is 11.1 Å². The van der Waals surface area contributed by atoms with Crippen LogP contribution in [-0.4, -0.2) is 0 Å². The van der Waals surface area contributed by atoms with E-state index in [4.69, 9.17) is 0 Å². The maximum atomic E-state index is 14.3. The van der Waals surface area contributed by atoms with Crippen LogP contribution in [0.3, 0.4) is 0 Å². The van der Waals surface area contributed by atoms with Gasteiger partial charge >= 0.3 is 0 Å². The molecule has 1 aromatic heterocycles. The van der Waals surface area contributed by atoms with Crippen molar-refractivity contribution < 1.29 is 8.96 Å². The first-order valence-corrected chi connectivity index (χ1v) is 9.56. The third-order valence-electron chi connectivity index (χ3n) is 6.90. The summed E-state index contributed by atoms with van der Waals surface area (Å²) in [7, 11) is 2.13. The molecule has 1 aliphatic carbocycles. The Morgan fingerprint density at radius 2 is 1.54 bits per heavy atom. The van der Waals surface area contributed by atoms with Gasteiger partial charge in [0.25, 0.3) is 0 Å². The number of pyridine rings is 1. The number of halogens is 1. The highest BCUT2D eigenvalue weighted by Crippen LogP contribution is 2.55. The number of hydrogen-bond donors (Lipinski definition) is 0. The largest absolute Gasteiger partial charge is 0.216 e. The highest BCUT2D eigenvalue weighted by Gasteiger charge is 2.51. The Morgan fingerprint density at radius 1 is 0.962 bits per heavy atom. The van der Waals surface area contributed by atoms with Crippen LogP contribution in [0.2, 0.25) is 0 Å². The van der Waals surface area contributed by atoms with E-state index in [-0.39, 0.29) is 22.1 Å². The molecule has 0 saturated heterocycles. The van der Waals surface area contributed by atoms with Gasteiger partial charge in [-0.1, -0.05) is 48.5 Å². The van der Waals surface area contributed by atoms with Crippen LogP contribution in [0.5, 0.6) is 0 Å². The predicted molar refractivity (Wildman–Crippen MR) is 107 cm³/mol. The van der Waals surface area contributed by atoms with E-state index in [0.29, 0.717) is 0 Å². The minimum atomic E-state index is -0.170. The summed E-state index contributed by atoms with van der Waals surface area (Å²) in [6.07, 6.45) is 2.27. The number of aromatic nitrogens is 1. The third kappa shape index (κ3) is 2.37. The number of fused-ring (bicyclic) bond motifs is 3. The van der Waals surface area contributed by atoms with Crippen molar-refractivity contribution in [3.63, 3.8) is 0 Å². The van der Waals surface area contributed by atoms with Crippen molar-refractivity contribution >= 4 is 0 Å². The molecule has 0 fully saturated rings. The topological polar surface area (TPSA) is 3.88 Å². The van der Waals surface area contributed by atoms with E-state index in [1.54, 1.807) is 12.1 Å². The number of aryl methyl sites for hydroxylation is 2. The van der Waals surface area contributed by atoms with Gasteiger partial charge in [0, 0.05) is 22.0 Å². The smallest absolute Gasteiger partial charge is 0.207 e. The number of nitrogens with zero attached hydrogens (tertiary/aromatic N) is 1. The Hall–Kier alpha value is -1.70. The zero-order valence-corrected chi connectivity index (χ0v) is 18.1. The first-order valence-electron chi connectivity index (χ1n) is 9.56. The summed E-state index contributed by atoms with van der Waals surface area (Å²) in [5.74, 6) is -0.140. The first-order chi connectivity index (χ1) is 11.7. The molecule has 0 N–H and O–H groups in total. The molecule has 1 aliphatic rings. The lowest BCUT2D eigenvalue weighted by Crippen LogP contribution is -2.49. The minimum Gasteiger partial charge on any atom is -0.207 e. The highest BCUT2D eigenvalue weighted by atomic mass is 19.1. The summed E-state index contributed by atoms with van der Waals surface area (Å²) in [5.41, 5.74) is 8.53. The molecule has 0 amide bonds. The van der Waals surface area contributed by atoms with Crippen LogP contribution in [0, 0.1) is 19.7 Å². The summed E-state index contributed by atoms with van der Waals surface area (Å²) in [6, 6.07) is 3.42. The molecule has 1 nitrogen and oxygen atoms in total. The van der Waals surface area contributed by atoms with Gasteiger partial charge in [0.15, 0.2) is 6.20 Å². The monoisotopic (exact) mass is 354 g/mol. The lowest BCUT2D eigenvalue weighted by Gasteiger charge is -2.48. The Balaban J connectivity index is 2.57. The van der Waals surface area contributed by atoms with Crippen molar-refractivity contribution in [3.05, 3.63) is 52.0 Å². The summed E-state index contributed by atoms with van der Waals surface area (Å²) in [6.45, 7) is 20.3. The van der Waals surface area contributed by atoms with Crippen molar-refractivity contribution in [1.29, 1.82) is 0 Å². The van der Waals surface area contributed by atoms with Crippen LogP contribution in [0.4, 0.5) is 4.39 Å². The molecule has 0 bridgehead atoms. The molecule has 140 valence electrons. The van der Waals surface area contributed by atoms with Crippen LogP contribution in [0.25, 0.3) is 11.3 Å². The molecule has 3 rings (SSSR count). The molecule has 0 spiro atoms. The number of rotatable bonds is 0. The van der Waals surface area contributed by atoms with Crippen molar-refractivity contribution in [2.45, 2.75) is 78.6 Å². The Bertz CT molecular complexity index is 911. The number of benzene rings is 1. The molecule has 0 saturated carbocycles. The van der Waals surface area contributed by atoms with Gasteiger partial charge < -0.3 is 0 Å². The second-order valence-electron chi connectivity index (χ2n) is 10.1. The molecular formula is C24H33FN+. The highest BCUT2D eigenvalue weighted by molar-refractivity contribution is 5.76. The van der Waals surface area contributed by atoms with Gasteiger partial charge in [-0.05, 0) is 48.1 Å². The van der Waals surface area contributed by atoms with E-state index >= 15 is 0 Å². The summed E-state index contributed by atoms with van der Waals surface area (Å²) >= 11 is 0. The van der Waals surface area contributed by atoms with Gasteiger partial charge in [-0.15, -0.1) is 0 Å². The third-order valence-corrected chi connectivity index (χ3v) is 6.90. The molecule has 1 aromatic carbocycles. The minimum absolute atomic E-state index is 0.0786. The Morgan fingerprint density at radius 3 is 2.08 bits per heavy atom. The van der Waals surface area contributed by atoms with Crippen molar-refractivity contribution in [3.8, 4) is 11.3 Å². The van der Waals surface area contributed by atoms with Crippen LogP contribution >= 0.6 is 0 Å². The van der Waals surface area contributed by atoms with Gasteiger partial charge in [-0.25, -0.2) is 8.96 Å². The average molecular weight is 355 g/mol. The standard InChI is InChI=1S/C24H33FN/c1-14-11-16(25)12-17-19(14)21-20(24(8,9)23(17,6)7)15(2)18(13-26(21)10)22(3,4)5/h11-13H,1-10H3/q+1. The van der Waals surface area contributed by atoms with Crippen LogP contribution in [0.15, 0.2) is 18.3 Å². The Labute approximate surface area is 158 Å². The molecule has 2 aromatic rings. The first kappa shape index (κ1) is 19.1. The van der Waals surface area contributed by atoms with Crippen LogP contribution < -0.4 is 4.57 Å². The van der Waals surface area contributed by atoms with Gasteiger partial charge in [0.1, 0.15) is 12.9 Å². The van der Waals surface area contributed by atoms with Crippen molar-refractivity contribution in [1.82, 2.24) is 0 Å². The molecule has 1 heterocycles. The zero-order valence-electron chi connectivity index (χ0n) is 18.1. The van der Waals surface area contributed by atoms with E-state index in [1.807, 2.05) is 6.92 Å². The summed E-state index contributed by atoms with van der Waals surface area (Å²) in [5, 5.41) is 0. The lowest BCUT2D eigenvalue weighted by molar-refractivity contribution is -0.661. The summed E-state index contributed by atoms with van der Waals surface area (Å²) in [4.78, 5) is 0. The molecule has 0 radical (unpaired) electrons. The zero-order chi connectivity index (χ0) is 19.8. The second kappa shape index (κ2) is 5.41. The number of hydrogen-bond acceptors (Lipinski definition) is 0. The molecular weight excluding hydrogens is 321 g/mol. The van der Waals surface area contributed by atoms with Gasteiger partial charge in [-0.3, -0.25) is 0 Å². The lowest BCUT2D eigenvalue weighted by atomic mass is 9.54. The van der Waals surface area contributed by atoms with E-state index in [2.05, 4.69) is 73.2 Å². The molecule has 0 aliphatic heterocycles.